The van der Waals surface area contributed by atoms with Gasteiger partial charge in [0.15, 0.2) is 17.5 Å². The number of guanidine groups is 1. The monoisotopic (exact) mass is 431 g/mol. The van der Waals surface area contributed by atoms with E-state index in [9.17, 15) is 4.39 Å². The number of nitrogens with zero attached hydrogens (tertiary/aromatic N) is 4. The normalized spacial score (nSPS) is 11.4. The third-order valence-corrected chi connectivity index (χ3v) is 4.50. The van der Waals surface area contributed by atoms with Gasteiger partial charge in [0.05, 0.1) is 6.54 Å². The Labute approximate surface area is 179 Å². The fourth-order valence-electron chi connectivity index (χ4n) is 2.73. The first kappa shape index (κ1) is 21.6. The van der Waals surface area contributed by atoms with Crippen molar-refractivity contribution in [2.75, 3.05) is 33.8 Å². The molecule has 1 aromatic heterocycles. The van der Waals surface area contributed by atoms with Gasteiger partial charge in [0.25, 0.3) is 0 Å². The molecule has 0 aliphatic heterocycles. The maximum absolute atomic E-state index is 13.6. The summed E-state index contributed by atoms with van der Waals surface area (Å²) in [6, 6.07) is 13.6. The molecular weight excluding hydrogens is 409 g/mol. The van der Waals surface area contributed by atoms with Crippen molar-refractivity contribution in [1.82, 2.24) is 20.4 Å². The average Bonchev–Trinajstić information content (AvgIpc) is 3.21. The van der Waals surface area contributed by atoms with Crippen LogP contribution in [0, 0.1) is 5.82 Å². The maximum atomic E-state index is 13.6. The third-order valence-electron chi connectivity index (χ3n) is 4.27. The lowest BCUT2D eigenvalue weighted by Gasteiger charge is -2.22. The van der Waals surface area contributed by atoms with Crippen molar-refractivity contribution in [1.29, 1.82) is 0 Å². The summed E-state index contributed by atoms with van der Waals surface area (Å²) in [4.78, 5) is 10.5. The van der Waals surface area contributed by atoms with Crippen molar-refractivity contribution in [3.63, 3.8) is 0 Å². The van der Waals surface area contributed by atoms with Gasteiger partial charge in [-0.25, -0.2) is 4.39 Å². The van der Waals surface area contributed by atoms with Crippen LogP contribution in [0.4, 0.5) is 4.39 Å². The first-order valence-corrected chi connectivity index (χ1v) is 9.82. The van der Waals surface area contributed by atoms with Crippen LogP contribution in [0.25, 0.3) is 11.4 Å². The highest BCUT2D eigenvalue weighted by atomic mass is 35.5. The fraction of sp³-hybridized carbons (Fsp3) is 0.286. The summed E-state index contributed by atoms with van der Waals surface area (Å²) in [5, 5.41) is 7.85. The van der Waals surface area contributed by atoms with Gasteiger partial charge in [0.1, 0.15) is 6.61 Å². The number of para-hydroxylation sites is 1. The summed E-state index contributed by atoms with van der Waals surface area (Å²) in [6.07, 6.45) is 0.534. The zero-order valence-corrected chi connectivity index (χ0v) is 17.6. The minimum atomic E-state index is -0.376. The number of ether oxygens (including phenoxy) is 1. The van der Waals surface area contributed by atoms with Crippen LogP contribution >= 0.6 is 11.6 Å². The van der Waals surface area contributed by atoms with Crippen LogP contribution < -0.4 is 10.1 Å². The van der Waals surface area contributed by atoms with E-state index in [4.69, 9.17) is 20.9 Å². The molecule has 0 aliphatic carbocycles. The average molecular weight is 432 g/mol. The van der Waals surface area contributed by atoms with Gasteiger partial charge in [-0.15, -0.1) is 0 Å². The molecule has 158 valence electrons. The van der Waals surface area contributed by atoms with Crippen molar-refractivity contribution in [2.24, 2.45) is 4.99 Å². The Balaban J connectivity index is 1.44. The Morgan fingerprint density at radius 3 is 2.87 bits per heavy atom. The lowest BCUT2D eigenvalue weighted by Crippen LogP contribution is -2.41. The molecule has 0 bridgehead atoms. The summed E-state index contributed by atoms with van der Waals surface area (Å²) in [5.74, 6) is 1.56. The predicted octanol–water partition coefficient (Wildman–Crippen LogP) is 3.66. The molecule has 0 saturated carbocycles. The highest BCUT2D eigenvalue weighted by molar-refractivity contribution is 6.30. The number of aromatic nitrogens is 2. The van der Waals surface area contributed by atoms with E-state index in [-0.39, 0.29) is 11.6 Å². The lowest BCUT2D eigenvalue weighted by atomic mass is 10.2. The maximum Gasteiger partial charge on any atom is 0.228 e. The largest absolute Gasteiger partial charge is 0.489 e. The number of hydrogen-bond acceptors (Lipinski definition) is 5. The second kappa shape index (κ2) is 10.6. The molecule has 9 heteroatoms. The second-order valence-electron chi connectivity index (χ2n) is 6.45. The summed E-state index contributed by atoms with van der Waals surface area (Å²) in [5.41, 5.74) is 0.802. The van der Waals surface area contributed by atoms with Crippen LogP contribution in [0.2, 0.25) is 5.02 Å². The molecule has 7 nitrogen and oxygen atoms in total. The van der Waals surface area contributed by atoms with Crippen LogP contribution in [0.5, 0.6) is 5.75 Å². The van der Waals surface area contributed by atoms with Gasteiger partial charge in [-0.2, -0.15) is 4.98 Å². The van der Waals surface area contributed by atoms with E-state index in [1.54, 1.807) is 37.4 Å². The molecule has 0 radical (unpaired) electrons. The summed E-state index contributed by atoms with van der Waals surface area (Å²) in [6.45, 7) is 1.42. The van der Waals surface area contributed by atoms with E-state index in [0.717, 1.165) is 5.56 Å². The summed E-state index contributed by atoms with van der Waals surface area (Å²) < 4.78 is 24.4. The summed E-state index contributed by atoms with van der Waals surface area (Å²) in [7, 11) is 3.57. The number of halogens is 2. The first-order valence-electron chi connectivity index (χ1n) is 9.44. The number of hydrogen-bond donors (Lipinski definition) is 1. The van der Waals surface area contributed by atoms with E-state index in [2.05, 4.69) is 20.4 Å². The van der Waals surface area contributed by atoms with Crippen molar-refractivity contribution in [3.05, 3.63) is 65.3 Å². The van der Waals surface area contributed by atoms with Gasteiger partial charge in [0, 0.05) is 37.6 Å². The third kappa shape index (κ3) is 5.93. The molecule has 0 aliphatic rings. The van der Waals surface area contributed by atoms with E-state index in [1.807, 2.05) is 24.1 Å². The van der Waals surface area contributed by atoms with Gasteiger partial charge >= 0.3 is 0 Å². The van der Waals surface area contributed by atoms with Crippen LogP contribution in [0.3, 0.4) is 0 Å². The molecule has 2 aromatic carbocycles. The molecule has 3 aromatic rings. The number of benzene rings is 2. The zero-order chi connectivity index (χ0) is 21.3. The quantitative estimate of drug-likeness (QED) is 0.433. The van der Waals surface area contributed by atoms with E-state index in [1.165, 1.54) is 6.07 Å². The molecule has 0 fully saturated rings. The summed E-state index contributed by atoms with van der Waals surface area (Å²) >= 11 is 6.00. The fourth-order valence-corrected chi connectivity index (χ4v) is 2.92. The number of rotatable bonds is 8. The molecule has 0 atom stereocenters. The lowest BCUT2D eigenvalue weighted by molar-refractivity contribution is 0.270. The molecule has 0 spiro atoms. The van der Waals surface area contributed by atoms with Gasteiger partial charge in [-0.3, -0.25) is 4.99 Å². The van der Waals surface area contributed by atoms with Crippen molar-refractivity contribution < 1.29 is 13.7 Å². The molecule has 0 unspecified atom stereocenters. The Bertz CT molecular complexity index is 995. The van der Waals surface area contributed by atoms with Gasteiger partial charge in [0.2, 0.25) is 11.7 Å². The predicted molar refractivity (Wildman–Crippen MR) is 114 cm³/mol. The van der Waals surface area contributed by atoms with Gasteiger partial charge in [-0.1, -0.05) is 41.0 Å². The van der Waals surface area contributed by atoms with Crippen LogP contribution in [0.15, 0.2) is 58.0 Å². The van der Waals surface area contributed by atoms with E-state index >= 15 is 0 Å². The zero-order valence-electron chi connectivity index (χ0n) is 16.8. The second-order valence-corrected chi connectivity index (χ2v) is 6.88. The highest BCUT2D eigenvalue weighted by Crippen LogP contribution is 2.20. The molecule has 0 amide bonds. The topological polar surface area (TPSA) is 75.8 Å². The molecule has 1 heterocycles. The number of likely N-dealkylation sites (N-methyl/N-ethyl adjacent to an activating group) is 1. The smallest absolute Gasteiger partial charge is 0.228 e. The van der Waals surface area contributed by atoms with Crippen molar-refractivity contribution in [3.8, 4) is 17.1 Å². The van der Waals surface area contributed by atoms with Gasteiger partial charge < -0.3 is 19.5 Å². The standard InChI is InChI=1S/C21H23ClFN5O2/c1-24-21(28(2)12-13-29-18-9-4-3-8-17(18)23)25-11-10-19-26-20(27-30-19)15-6-5-7-16(22)14-15/h3-9,14H,10-13H2,1-2H3,(H,24,25). The minimum absolute atomic E-state index is 0.237. The minimum Gasteiger partial charge on any atom is -0.489 e. The number of nitrogens with one attached hydrogen (secondary N) is 1. The van der Waals surface area contributed by atoms with Crippen LogP contribution in [-0.2, 0) is 6.42 Å². The Kier molecular flexibility index (Phi) is 7.62. The Morgan fingerprint density at radius 2 is 2.10 bits per heavy atom. The molecule has 0 saturated heterocycles. The van der Waals surface area contributed by atoms with Gasteiger partial charge in [-0.05, 0) is 24.3 Å². The molecule has 1 N–H and O–H groups in total. The highest BCUT2D eigenvalue weighted by Gasteiger charge is 2.11. The van der Waals surface area contributed by atoms with Crippen molar-refractivity contribution >= 4 is 17.6 Å². The Morgan fingerprint density at radius 1 is 1.27 bits per heavy atom. The SMILES string of the molecule is CN=C(NCCc1nc(-c2cccc(Cl)c2)no1)N(C)CCOc1ccccc1F. The number of aliphatic imine (C=N–C) groups is 1. The van der Waals surface area contributed by atoms with E-state index in [0.29, 0.717) is 48.8 Å². The van der Waals surface area contributed by atoms with E-state index < -0.39 is 0 Å². The molecule has 3 rings (SSSR count). The van der Waals surface area contributed by atoms with Crippen LogP contribution in [-0.4, -0.2) is 54.8 Å². The van der Waals surface area contributed by atoms with Crippen LogP contribution in [0.1, 0.15) is 5.89 Å². The first-order chi connectivity index (χ1) is 14.6. The van der Waals surface area contributed by atoms with Crippen molar-refractivity contribution in [2.45, 2.75) is 6.42 Å². The molecule has 30 heavy (non-hydrogen) atoms. The molecular formula is C21H23ClFN5O2. The Hall–Kier alpha value is -3.13.